The molecule has 1 aromatic carbocycles. The SMILES string of the molecule is NCn1cc(C(=O)O)nc1C(=O)OCc1ccccc1. The molecule has 0 unspecified atom stereocenters. The number of carbonyl (C=O) groups excluding carboxylic acids is 1. The number of esters is 1. The molecule has 0 aliphatic carbocycles. The van der Waals surface area contributed by atoms with Gasteiger partial charge in [-0.2, -0.15) is 0 Å². The van der Waals surface area contributed by atoms with E-state index in [4.69, 9.17) is 15.6 Å². The van der Waals surface area contributed by atoms with Gasteiger partial charge in [-0.15, -0.1) is 0 Å². The first-order valence-electron chi connectivity index (χ1n) is 5.83. The van der Waals surface area contributed by atoms with Crippen LogP contribution in [0.5, 0.6) is 0 Å². The molecule has 1 aromatic heterocycles. The summed E-state index contributed by atoms with van der Waals surface area (Å²) in [4.78, 5) is 26.4. The number of rotatable bonds is 5. The van der Waals surface area contributed by atoms with Crippen molar-refractivity contribution in [2.24, 2.45) is 5.73 Å². The number of carboxylic acids is 1. The average Bonchev–Trinajstić information content (AvgIpc) is 2.90. The molecule has 2 rings (SSSR count). The van der Waals surface area contributed by atoms with Gasteiger partial charge in [0.05, 0.1) is 6.67 Å². The second-order valence-corrected chi connectivity index (χ2v) is 3.97. The fourth-order valence-corrected chi connectivity index (χ4v) is 1.61. The summed E-state index contributed by atoms with van der Waals surface area (Å²) in [6.45, 7) is 0.0234. The lowest BCUT2D eigenvalue weighted by Gasteiger charge is -2.05. The number of aromatic nitrogens is 2. The van der Waals surface area contributed by atoms with Crippen molar-refractivity contribution in [2.45, 2.75) is 13.3 Å². The van der Waals surface area contributed by atoms with Crippen LogP contribution in [-0.4, -0.2) is 26.6 Å². The lowest BCUT2D eigenvalue weighted by molar-refractivity contribution is 0.0452. The highest BCUT2D eigenvalue weighted by molar-refractivity contribution is 5.90. The number of nitrogens with zero attached hydrogens (tertiary/aromatic N) is 2. The van der Waals surface area contributed by atoms with Gasteiger partial charge in [0.2, 0.25) is 5.82 Å². The topological polar surface area (TPSA) is 107 Å². The van der Waals surface area contributed by atoms with Gasteiger partial charge >= 0.3 is 11.9 Å². The van der Waals surface area contributed by atoms with Crippen LogP contribution in [0.25, 0.3) is 0 Å². The lowest BCUT2D eigenvalue weighted by Crippen LogP contribution is -2.16. The molecule has 0 amide bonds. The molecule has 0 fully saturated rings. The van der Waals surface area contributed by atoms with Crippen molar-refractivity contribution in [1.29, 1.82) is 0 Å². The Kier molecular flexibility index (Phi) is 4.11. The van der Waals surface area contributed by atoms with Gasteiger partial charge in [0.15, 0.2) is 5.69 Å². The summed E-state index contributed by atoms with van der Waals surface area (Å²) in [5.74, 6) is -2.07. The molecule has 0 bridgehead atoms. The highest BCUT2D eigenvalue weighted by Crippen LogP contribution is 2.07. The van der Waals surface area contributed by atoms with E-state index in [9.17, 15) is 9.59 Å². The fourth-order valence-electron chi connectivity index (χ4n) is 1.61. The van der Waals surface area contributed by atoms with E-state index < -0.39 is 11.9 Å². The third-order valence-corrected chi connectivity index (χ3v) is 2.59. The van der Waals surface area contributed by atoms with Crippen LogP contribution in [0.4, 0.5) is 0 Å². The third kappa shape index (κ3) is 3.01. The first-order chi connectivity index (χ1) is 9.61. The summed E-state index contributed by atoms with van der Waals surface area (Å²) in [6, 6.07) is 9.13. The molecule has 104 valence electrons. The zero-order chi connectivity index (χ0) is 14.5. The predicted octanol–water partition coefficient (Wildman–Crippen LogP) is 0.854. The molecule has 0 radical (unpaired) electrons. The van der Waals surface area contributed by atoms with Gasteiger partial charge in [0, 0.05) is 6.20 Å². The van der Waals surface area contributed by atoms with E-state index in [0.29, 0.717) is 0 Å². The summed E-state index contributed by atoms with van der Waals surface area (Å²) in [6.07, 6.45) is 1.20. The lowest BCUT2D eigenvalue weighted by atomic mass is 10.2. The molecule has 0 atom stereocenters. The van der Waals surface area contributed by atoms with Crippen LogP contribution in [0.1, 0.15) is 26.7 Å². The number of benzene rings is 1. The smallest absolute Gasteiger partial charge is 0.374 e. The van der Waals surface area contributed by atoms with Crippen molar-refractivity contribution in [1.82, 2.24) is 9.55 Å². The zero-order valence-electron chi connectivity index (χ0n) is 10.5. The minimum absolute atomic E-state index is 0.0595. The highest BCUT2D eigenvalue weighted by atomic mass is 16.5. The average molecular weight is 275 g/mol. The highest BCUT2D eigenvalue weighted by Gasteiger charge is 2.19. The minimum atomic E-state index is -1.23. The second-order valence-electron chi connectivity index (χ2n) is 3.97. The zero-order valence-corrected chi connectivity index (χ0v) is 10.5. The van der Waals surface area contributed by atoms with E-state index in [-0.39, 0.29) is 24.8 Å². The van der Waals surface area contributed by atoms with Crippen LogP contribution in [0.2, 0.25) is 0 Å². The number of carboxylic acid groups (broad SMARTS) is 1. The Hall–Kier alpha value is -2.67. The molecule has 7 heteroatoms. The van der Waals surface area contributed by atoms with Gasteiger partial charge < -0.3 is 20.1 Å². The second kappa shape index (κ2) is 5.98. The maximum absolute atomic E-state index is 11.9. The standard InChI is InChI=1S/C13H13N3O4/c14-8-16-6-10(12(17)18)15-11(16)13(19)20-7-9-4-2-1-3-5-9/h1-6H,7-8,14H2,(H,17,18). The summed E-state index contributed by atoms with van der Waals surface area (Å²) in [7, 11) is 0. The van der Waals surface area contributed by atoms with Crippen molar-refractivity contribution in [3.8, 4) is 0 Å². The fraction of sp³-hybridized carbons (Fsp3) is 0.154. The van der Waals surface area contributed by atoms with Crippen LogP contribution in [0, 0.1) is 0 Å². The maximum Gasteiger partial charge on any atom is 0.374 e. The Balaban J connectivity index is 2.11. The molecule has 3 N–H and O–H groups in total. The van der Waals surface area contributed by atoms with Gasteiger partial charge in [-0.05, 0) is 5.56 Å². The number of hydrogen-bond donors (Lipinski definition) is 2. The number of hydrogen-bond acceptors (Lipinski definition) is 5. The quantitative estimate of drug-likeness (QED) is 0.783. The molecule has 20 heavy (non-hydrogen) atoms. The number of ether oxygens (including phenoxy) is 1. The molecular weight excluding hydrogens is 262 g/mol. The predicted molar refractivity (Wildman–Crippen MR) is 68.9 cm³/mol. The van der Waals surface area contributed by atoms with Gasteiger partial charge in [0.25, 0.3) is 0 Å². The molecule has 1 heterocycles. The molecular formula is C13H13N3O4. The largest absolute Gasteiger partial charge is 0.476 e. The van der Waals surface area contributed by atoms with Crippen LogP contribution in [0.3, 0.4) is 0 Å². The normalized spacial score (nSPS) is 10.2. The molecule has 0 saturated heterocycles. The Morgan fingerprint density at radius 3 is 2.60 bits per heavy atom. The van der Waals surface area contributed by atoms with E-state index >= 15 is 0 Å². The Bertz CT molecular complexity index is 622. The number of carbonyl (C=O) groups is 2. The van der Waals surface area contributed by atoms with E-state index in [1.165, 1.54) is 10.8 Å². The third-order valence-electron chi connectivity index (χ3n) is 2.59. The van der Waals surface area contributed by atoms with Crippen LogP contribution < -0.4 is 5.73 Å². The van der Waals surface area contributed by atoms with E-state index in [1.807, 2.05) is 30.3 Å². The van der Waals surface area contributed by atoms with Crippen molar-refractivity contribution in [2.75, 3.05) is 0 Å². The first-order valence-corrected chi connectivity index (χ1v) is 5.83. The Morgan fingerprint density at radius 1 is 1.30 bits per heavy atom. The van der Waals surface area contributed by atoms with E-state index in [2.05, 4.69) is 4.98 Å². The monoisotopic (exact) mass is 275 g/mol. The van der Waals surface area contributed by atoms with Crippen molar-refractivity contribution in [3.63, 3.8) is 0 Å². The van der Waals surface area contributed by atoms with Crippen molar-refractivity contribution < 1.29 is 19.4 Å². The van der Waals surface area contributed by atoms with Crippen molar-refractivity contribution in [3.05, 3.63) is 53.6 Å². The minimum Gasteiger partial charge on any atom is -0.476 e. The van der Waals surface area contributed by atoms with Crippen LogP contribution >= 0.6 is 0 Å². The molecule has 0 aliphatic heterocycles. The Labute approximate surface area is 114 Å². The molecule has 7 nitrogen and oxygen atoms in total. The Morgan fingerprint density at radius 2 is 2.00 bits per heavy atom. The molecule has 0 spiro atoms. The summed E-state index contributed by atoms with van der Waals surface area (Å²) in [5, 5.41) is 8.84. The molecule has 0 saturated carbocycles. The van der Waals surface area contributed by atoms with Gasteiger partial charge in [-0.3, -0.25) is 0 Å². The molecule has 0 aliphatic rings. The van der Waals surface area contributed by atoms with Crippen molar-refractivity contribution >= 4 is 11.9 Å². The van der Waals surface area contributed by atoms with Crippen LogP contribution in [-0.2, 0) is 18.0 Å². The summed E-state index contributed by atoms with van der Waals surface area (Å²) < 4.78 is 6.31. The number of imidazole rings is 1. The number of aromatic carboxylic acids is 1. The van der Waals surface area contributed by atoms with E-state index in [1.54, 1.807) is 0 Å². The summed E-state index contributed by atoms with van der Waals surface area (Å²) >= 11 is 0. The van der Waals surface area contributed by atoms with Crippen LogP contribution in [0.15, 0.2) is 36.5 Å². The van der Waals surface area contributed by atoms with Gasteiger partial charge in [0.1, 0.15) is 6.61 Å². The maximum atomic E-state index is 11.9. The summed E-state index contributed by atoms with van der Waals surface area (Å²) in [5.41, 5.74) is 6.01. The number of nitrogens with two attached hydrogens (primary N) is 1. The molecule has 2 aromatic rings. The van der Waals surface area contributed by atoms with E-state index in [0.717, 1.165) is 5.56 Å². The van der Waals surface area contributed by atoms with Gasteiger partial charge in [-0.1, -0.05) is 30.3 Å². The van der Waals surface area contributed by atoms with Gasteiger partial charge in [-0.25, -0.2) is 14.6 Å². The first kappa shape index (κ1) is 13.8.